The maximum atomic E-state index is 6.66. The lowest BCUT2D eigenvalue weighted by Gasteiger charge is -2.35. The lowest BCUT2D eigenvalue weighted by molar-refractivity contribution is 0.189. The van der Waals surface area contributed by atoms with Gasteiger partial charge in [0.15, 0.2) is 0 Å². The highest BCUT2D eigenvalue weighted by molar-refractivity contribution is 5.41. The van der Waals surface area contributed by atoms with E-state index in [0.29, 0.717) is 6.61 Å². The van der Waals surface area contributed by atoms with Gasteiger partial charge in [0.2, 0.25) is 0 Å². The molecule has 2 heteroatoms. The molecule has 1 aliphatic heterocycles. The van der Waals surface area contributed by atoms with Gasteiger partial charge in [-0.15, -0.1) is 0 Å². The van der Waals surface area contributed by atoms with Gasteiger partial charge in [0, 0.05) is 0 Å². The Morgan fingerprint density at radius 3 is 2.48 bits per heavy atom. The third-order valence-electron chi connectivity index (χ3n) is 4.40. The first-order valence-electron chi connectivity index (χ1n) is 7.53. The first-order valence-corrected chi connectivity index (χ1v) is 7.53. The minimum atomic E-state index is -0.320. The van der Waals surface area contributed by atoms with Crippen molar-refractivity contribution in [3.05, 3.63) is 64.2 Å². The van der Waals surface area contributed by atoms with Gasteiger partial charge in [-0.05, 0) is 61.9 Å². The zero-order valence-corrected chi connectivity index (χ0v) is 13.1. The molecule has 0 spiro atoms. The van der Waals surface area contributed by atoms with Crippen molar-refractivity contribution in [2.75, 3.05) is 6.61 Å². The molecule has 2 aromatic carbocycles. The highest BCUT2D eigenvalue weighted by Gasteiger charge is 2.32. The molecule has 1 aliphatic rings. The summed E-state index contributed by atoms with van der Waals surface area (Å²) in [5, 5.41) is 0. The molecule has 0 saturated heterocycles. The molecule has 110 valence electrons. The van der Waals surface area contributed by atoms with E-state index in [-0.39, 0.29) is 5.54 Å². The van der Waals surface area contributed by atoms with Gasteiger partial charge in [-0.25, -0.2) is 0 Å². The van der Waals surface area contributed by atoms with Crippen molar-refractivity contribution in [1.82, 2.24) is 0 Å². The predicted molar refractivity (Wildman–Crippen MR) is 86.9 cm³/mol. The Hall–Kier alpha value is -1.80. The number of aryl methyl sites for hydroxylation is 3. The van der Waals surface area contributed by atoms with E-state index in [2.05, 4.69) is 45.0 Å². The summed E-state index contributed by atoms with van der Waals surface area (Å²) >= 11 is 0. The average molecular weight is 281 g/mol. The highest BCUT2D eigenvalue weighted by Crippen LogP contribution is 2.31. The van der Waals surface area contributed by atoms with E-state index < -0.39 is 0 Å². The van der Waals surface area contributed by atoms with Crippen molar-refractivity contribution >= 4 is 0 Å². The van der Waals surface area contributed by atoms with Gasteiger partial charge in [-0.2, -0.15) is 0 Å². The third kappa shape index (κ3) is 2.81. The van der Waals surface area contributed by atoms with E-state index in [1.54, 1.807) is 0 Å². The highest BCUT2D eigenvalue weighted by atomic mass is 16.5. The van der Waals surface area contributed by atoms with Crippen molar-refractivity contribution < 1.29 is 4.74 Å². The molecule has 0 radical (unpaired) electrons. The van der Waals surface area contributed by atoms with Crippen LogP contribution in [0.2, 0.25) is 0 Å². The van der Waals surface area contributed by atoms with Crippen LogP contribution in [0.1, 0.15) is 27.8 Å². The molecule has 21 heavy (non-hydrogen) atoms. The second kappa shape index (κ2) is 5.19. The zero-order chi connectivity index (χ0) is 15.0. The van der Waals surface area contributed by atoms with Crippen molar-refractivity contribution in [2.24, 2.45) is 5.73 Å². The van der Waals surface area contributed by atoms with E-state index in [1.807, 2.05) is 12.1 Å². The fourth-order valence-corrected chi connectivity index (χ4v) is 3.40. The molecule has 0 amide bonds. The summed E-state index contributed by atoms with van der Waals surface area (Å²) in [5.41, 5.74) is 12.9. The van der Waals surface area contributed by atoms with Gasteiger partial charge in [0.25, 0.3) is 0 Å². The van der Waals surface area contributed by atoms with Crippen LogP contribution in [0.3, 0.4) is 0 Å². The molecule has 2 aromatic rings. The predicted octanol–water partition coefficient (Wildman–Crippen LogP) is 3.49. The van der Waals surface area contributed by atoms with Crippen molar-refractivity contribution in [1.29, 1.82) is 0 Å². The van der Waals surface area contributed by atoms with Crippen molar-refractivity contribution in [3.8, 4) is 5.75 Å². The quantitative estimate of drug-likeness (QED) is 0.914. The number of nitrogens with two attached hydrogens (primary N) is 1. The lowest BCUT2D eigenvalue weighted by atomic mass is 9.81. The van der Waals surface area contributed by atoms with Gasteiger partial charge >= 0.3 is 0 Å². The van der Waals surface area contributed by atoms with E-state index in [9.17, 15) is 0 Å². The number of ether oxygens (including phenoxy) is 1. The number of benzene rings is 2. The number of rotatable bonds is 2. The Bertz CT molecular complexity index is 654. The van der Waals surface area contributed by atoms with Gasteiger partial charge in [0.1, 0.15) is 12.4 Å². The summed E-state index contributed by atoms with van der Waals surface area (Å²) < 4.78 is 5.89. The molecular weight excluding hydrogens is 258 g/mol. The number of hydrogen-bond acceptors (Lipinski definition) is 2. The van der Waals surface area contributed by atoms with Crippen LogP contribution in [0, 0.1) is 20.8 Å². The molecule has 2 nitrogen and oxygen atoms in total. The van der Waals surface area contributed by atoms with Crippen LogP contribution in [-0.2, 0) is 12.8 Å². The Labute approximate surface area is 126 Å². The van der Waals surface area contributed by atoms with E-state index in [0.717, 1.165) is 18.6 Å². The Balaban J connectivity index is 1.89. The number of hydrogen-bond donors (Lipinski definition) is 1. The topological polar surface area (TPSA) is 35.2 Å². The second-order valence-electron chi connectivity index (χ2n) is 6.49. The zero-order valence-electron chi connectivity index (χ0n) is 13.1. The lowest BCUT2D eigenvalue weighted by Crippen LogP contribution is -2.52. The fourth-order valence-electron chi connectivity index (χ4n) is 3.40. The van der Waals surface area contributed by atoms with Crippen LogP contribution in [0.4, 0.5) is 0 Å². The molecule has 1 heterocycles. The fraction of sp³-hybridized carbons (Fsp3) is 0.368. The summed E-state index contributed by atoms with van der Waals surface area (Å²) in [6.45, 7) is 7.07. The molecular formula is C19H23NO. The summed E-state index contributed by atoms with van der Waals surface area (Å²) in [7, 11) is 0. The van der Waals surface area contributed by atoms with Gasteiger partial charge in [0.05, 0.1) is 5.54 Å². The molecule has 0 fully saturated rings. The Morgan fingerprint density at radius 2 is 1.76 bits per heavy atom. The standard InChI is InChI=1S/C19H23NO/c1-13-8-14(2)17(15(3)9-13)11-19(20)10-16-6-4-5-7-18(16)21-12-19/h4-9H,10-12,20H2,1-3H3. The first kappa shape index (κ1) is 14.2. The summed E-state index contributed by atoms with van der Waals surface area (Å²) in [4.78, 5) is 0. The van der Waals surface area contributed by atoms with Crippen LogP contribution in [0.25, 0.3) is 0 Å². The van der Waals surface area contributed by atoms with Crippen LogP contribution in [0.15, 0.2) is 36.4 Å². The Morgan fingerprint density at radius 1 is 1.10 bits per heavy atom. The molecule has 0 saturated carbocycles. The van der Waals surface area contributed by atoms with Crippen molar-refractivity contribution in [3.63, 3.8) is 0 Å². The summed E-state index contributed by atoms with van der Waals surface area (Å²) in [5.74, 6) is 0.982. The molecule has 1 unspecified atom stereocenters. The minimum absolute atomic E-state index is 0.320. The smallest absolute Gasteiger partial charge is 0.122 e. The van der Waals surface area contributed by atoms with Gasteiger partial charge in [-0.3, -0.25) is 0 Å². The third-order valence-corrected chi connectivity index (χ3v) is 4.40. The van der Waals surface area contributed by atoms with Crippen LogP contribution in [0.5, 0.6) is 5.75 Å². The van der Waals surface area contributed by atoms with Gasteiger partial charge < -0.3 is 10.5 Å². The van der Waals surface area contributed by atoms with E-state index in [4.69, 9.17) is 10.5 Å². The molecule has 0 aromatic heterocycles. The molecule has 2 N–H and O–H groups in total. The molecule has 1 atom stereocenters. The normalized spacial score (nSPS) is 20.8. The van der Waals surface area contributed by atoms with Crippen molar-refractivity contribution in [2.45, 2.75) is 39.2 Å². The summed E-state index contributed by atoms with van der Waals surface area (Å²) in [6.07, 6.45) is 1.73. The number of fused-ring (bicyclic) bond motifs is 1. The molecule has 3 rings (SSSR count). The van der Waals surface area contributed by atoms with E-state index in [1.165, 1.54) is 27.8 Å². The maximum absolute atomic E-state index is 6.66. The monoisotopic (exact) mass is 281 g/mol. The average Bonchev–Trinajstić information content (AvgIpc) is 2.43. The van der Waals surface area contributed by atoms with E-state index >= 15 is 0 Å². The second-order valence-corrected chi connectivity index (χ2v) is 6.49. The van der Waals surface area contributed by atoms with Crippen LogP contribution < -0.4 is 10.5 Å². The molecule has 0 bridgehead atoms. The van der Waals surface area contributed by atoms with Gasteiger partial charge in [-0.1, -0.05) is 35.9 Å². The Kier molecular flexibility index (Phi) is 3.50. The summed E-state index contributed by atoms with van der Waals surface area (Å²) in [6, 6.07) is 12.7. The van der Waals surface area contributed by atoms with Crippen LogP contribution >= 0.6 is 0 Å². The number of para-hydroxylation sites is 1. The first-order chi connectivity index (χ1) is 9.97. The minimum Gasteiger partial charge on any atom is -0.491 e. The SMILES string of the molecule is Cc1cc(C)c(CC2(N)COc3ccccc3C2)c(C)c1. The maximum Gasteiger partial charge on any atom is 0.122 e. The molecule has 0 aliphatic carbocycles. The van der Waals surface area contributed by atoms with Crippen LogP contribution in [-0.4, -0.2) is 12.1 Å². The largest absolute Gasteiger partial charge is 0.491 e.